The van der Waals surface area contributed by atoms with E-state index in [1.807, 2.05) is 12.1 Å². The van der Waals surface area contributed by atoms with Crippen molar-refractivity contribution in [3.8, 4) is 0 Å². The molecule has 1 heterocycles. The number of aliphatic hydroxyl groups excluding tert-OH is 1. The summed E-state index contributed by atoms with van der Waals surface area (Å²) in [6.45, 7) is 5.90. The first-order valence-corrected chi connectivity index (χ1v) is 7.32. The highest BCUT2D eigenvalue weighted by atomic mass is 16.3. The zero-order chi connectivity index (χ0) is 14.5. The van der Waals surface area contributed by atoms with E-state index in [-0.39, 0.29) is 11.9 Å². The van der Waals surface area contributed by atoms with Gasteiger partial charge in [0.05, 0.1) is 6.10 Å². The molecule has 2 unspecified atom stereocenters. The SMILES string of the molecule is Cc1ccccc1C(C)NCC(O)CN1CCCC1=O. The van der Waals surface area contributed by atoms with Crippen LogP contribution in [0.1, 0.15) is 36.9 Å². The van der Waals surface area contributed by atoms with Crippen LogP contribution < -0.4 is 5.32 Å². The average Bonchev–Trinajstić information content (AvgIpc) is 2.82. The van der Waals surface area contributed by atoms with Crippen molar-refractivity contribution in [1.82, 2.24) is 10.2 Å². The molecule has 2 N–H and O–H groups in total. The average molecular weight is 276 g/mol. The van der Waals surface area contributed by atoms with Crippen LogP contribution >= 0.6 is 0 Å². The van der Waals surface area contributed by atoms with Crippen LogP contribution in [-0.4, -0.2) is 41.7 Å². The van der Waals surface area contributed by atoms with Crippen LogP contribution in [0.25, 0.3) is 0 Å². The first-order chi connectivity index (χ1) is 9.58. The van der Waals surface area contributed by atoms with E-state index in [0.29, 0.717) is 19.5 Å². The number of nitrogens with one attached hydrogen (secondary N) is 1. The highest BCUT2D eigenvalue weighted by molar-refractivity contribution is 5.78. The fourth-order valence-electron chi connectivity index (χ4n) is 2.71. The number of carbonyl (C=O) groups is 1. The molecule has 1 amide bonds. The van der Waals surface area contributed by atoms with Gasteiger partial charge in [-0.05, 0) is 31.4 Å². The molecule has 0 aliphatic carbocycles. The van der Waals surface area contributed by atoms with E-state index in [1.54, 1.807) is 4.90 Å². The zero-order valence-corrected chi connectivity index (χ0v) is 12.3. The second-order valence-corrected chi connectivity index (χ2v) is 5.58. The predicted octanol–water partition coefficient (Wildman–Crippen LogP) is 1.63. The molecule has 20 heavy (non-hydrogen) atoms. The molecule has 1 aromatic carbocycles. The van der Waals surface area contributed by atoms with Gasteiger partial charge in [0.1, 0.15) is 0 Å². The van der Waals surface area contributed by atoms with Crippen molar-refractivity contribution in [1.29, 1.82) is 0 Å². The normalized spacial score (nSPS) is 18.4. The number of rotatable bonds is 6. The molecule has 1 aromatic rings. The summed E-state index contributed by atoms with van der Waals surface area (Å²) in [7, 11) is 0. The summed E-state index contributed by atoms with van der Waals surface area (Å²) in [5.74, 6) is 0.163. The van der Waals surface area contributed by atoms with Crippen molar-refractivity contribution in [2.75, 3.05) is 19.6 Å². The molecule has 0 bridgehead atoms. The number of aliphatic hydroxyl groups is 1. The number of β-amino-alcohol motifs (C(OH)–C–C–N with tert-alkyl or cyclic N) is 1. The Kier molecular flexibility index (Phi) is 5.15. The van der Waals surface area contributed by atoms with E-state index in [9.17, 15) is 9.90 Å². The van der Waals surface area contributed by atoms with E-state index in [0.717, 1.165) is 13.0 Å². The second kappa shape index (κ2) is 6.86. The molecule has 4 nitrogen and oxygen atoms in total. The lowest BCUT2D eigenvalue weighted by molar-refractivity contribution is -0.128. The van der Waals surface area contributed by atoms with Gasteiger partial charge in [0.15, 0.2) is 0 Å². The number of carbonyl (C=O) groups excluding carboxylic acids is 1. The van der Waals surface area contributed by atoms with Crippen molar-refractivity contribution >= 4 is 5.91 Å². The molecule has 1 aliphatic rings. The summed E-state index contributed by atoms with van der Waals surface area (Å²) in [5, 5.41) is 13.4. The molecule has 0 spiro atoms. The standard InChI is InChI=1S/C16H24N2O2/c1-12-6-3-4-7-15(12)13(2)17-10-14(19)11-18-9-5-8-16(18)20/h3-4,6-7,13-14,17,19H,5,8-11H2,1-2H3. The maximum absolute atomic E-state index is 11.5. The van der Waals surface area contributed by atoms with Crippen LogP contribution in [0.3, 0.4) is 0 Å². The third-order valence-corrected chi connectivity index (χ3v) is 3.92. The van der Waals surface area contributed by atoms with Gasteiger partial charge >= 0.3 is 0 Å². The van der Waals surface area contributed by atoms with Crippen molar-refractivity contribution in [2.24, 2.45) is 0 Å². The fraction of sp³-hybridized carbons (Fsp3) is 0.562. The minimum absolute atomic E-state index is 0.163. The van der Waals surface area contributed by atoms with Crippen LogP contribution in [0.5, 0.6) is 0 Å². The topological polar surface area (TPSA) is 52.6 Å². The Morgan fingerprint density at radius 2 is 2.15 bits per heavy atom. The van der Waals surface area contributed by atoms with Crippen molar-refractivity contribution < 1.29 is 9.90 Å². The third kappa shape index (κ3) is 3.81. The highest BCUT2D eigenvalue weighted by Crippen LogP contribution is 2.16. The van der Waals surface area contributed by atoms with Crippen LogP contribution in [0.2, 0.25) is 0 Å². The number of hydrogen-bond acceptors (Lipinski definition) is 3. The highest BCUT2D eigenvalue weighted by Gasteiger charge is 2.22. The summed E-state index contributed by atoms with van der Waals surface area (Å²) in [6, 6.07) is 8.44. The summed E-state index contributed by atoms with van der Waals surface area (Å²) >= 11 is 0. The van der Waals surface area contributed by atoms with E-state index >= 15 is 0 Å². The van der Waals surface area contributed by atoms with Gasteiger partial charge in [-0.3, -0.25) is 4.79 Å². The van der Waals surface area contributed by atoms with Gasteiger partial charge in [-0.1, -0.05) is 24.3 Å². The van der Waals surface area contributed by atoms with Gasteiger partial charge in [-0.15, -0.1) is 0 Å². The van der Waals surface area contributed by atoms with Gasteiger partial charge < -0.3 is 15.3 Å². The quantitative estimate of drug-likeness (QED) is 0.830. The maximum atomic E-state index is 11.5. The summed E-state index contributed by atoms with van der Waals surface area (Å²) in [4.78, 5) is 13.3. The molecule has 4 heteroatoms. The molecular weight excluding hydrogens is 252 g/mol. The van der Waals surface area contributed by atoms with Gasteiger partial charge in [0.25, 0.3) is 0 Å². The zero-order valence-electron chi connectivity index (χ0n) is 12.3. The number of aryl methyl sites for hydroxylation is 1. The molecule has 0 saturated carbocycles. The van der Waals surface area contributed by atoms with E-state index in [1.165, 1.54) is 11.1 Å². The molecule has 1 saturated heterocycles. The lowest BCUT2D eigenvalue weighted by Gasteiger charge is -2.22. The maximum Gasteiger partial charge on any atom is 0.222 e. The molecule has 2 rings (SSSR count). The van der Waals surface area contributed by atoms with Crippen LogP contribution in [0.4, 0.5) is 0 Å². The van der Waals surface area contributed by atoms with Gasteiger partial charge in [-0.2, -0.15) is 0 Å². The summed E-state index contributed by atoms with van der Waals surface area (Å²) in [6.07, 6.45) is 1.03. The number of nitrogens with zero attached hydrogens (tertiary/aromatic N) is 1. The molecule has 110 valence electrons. The summed E-state index contributed by atoms with van der Waals surface area (Å²) in [5.41, 5.74) is 2.49. The minimum atomic E-state index is -0.511. The first kappa shape index (κ1) is 15.0. The van der Waals surface area contributed by atoms with Crippen LogP contribution in [0.15, 0.2) is 24.3 Å². The number of benzene rings is 1. The molecular formula is C16H24N2O2. The van der Waals surface area contributed by atoms with Crippen LogP contribution in [0, 0.1) is 6.92 Å². The Balaban J connectivity index is 1.79. The first-order valence-electron chi connectivity index (χ1n) is 7.32. The van der Waals surface area contributed by atoms with Crippen molar-refractivity contribution in [2.45, 2.75) is 38.8 Å². The third-order valence-electron chi connectivity index (χ3n) is 3.92. The second-order valence-electron chi connectivity index (χ2n) is 5.58. The monoisotopic (exact) mass is 276 g/mol. The molecule has 1 fully saturated rings. The number of amides is 1. The largest absolute Gasteiger partial charge is 0.390 e. The van der Waals surface area contributed by atoms with Gasteiger partial charge in [0.2, 0.25) is 5.91 Å². The van der Waals surface area contributed by atoms with Gasteiger partial charge in [-0.25, -0.2) is 0 Å². The molecule has 0 aromatic heterocycles. The Bertz CT molecular complexity index is 462. The van der Waals surface area contributed by atoms with E-state index in [2.05, 4.69) is 31.3 Å². The number of hydrogen-bond donors (Lipinski definition) is 2. The Labute approximate surface area is 120 Å². The van der Waals surface area contributed by atoms with Crippen molar-refractivity contribution in [3.63, 3.8) is 0 Å². The fourth-order valence-corrected chi connectivity index (χ4v) is 2.71. The van der Waals surface area contributed by atoms with Crippen LogP contribution in [-0.2, 0) is 4.79 Å². The van der Waals surface area contributed by atoms with E-state index < -0.39 is 6.10 Å². The molecule has 2 atom stereocenters. The Morgan fingerprint density at radius 1 is 1.40 bits per heavy atom. The molecule has 1 aliphatic heterocycles. The summed E-state index contributed by atoms with van der Waals surface area (Å²) < 4.78 is 0. The lowest BCUT2D eigenvalue weighted by atomic mass is 10.0. The van der Waals surface area contributed by atoms with Gasteiger partial charge in [0, 0.05) is 32.1 Å². The lowest BCUT2D eigenvalue weighted by Crippen LogP contribution is -2.39. The Morgan fingerprint density at radius 3 is 2.80 bits per heavy atom. The Hall–Kier alpha value is -1.39. The smallest absolute Gasteiger partial charge is 0.222 e. The number of likely N-dealkylation sites (tertiary alicyclic amines) is 1. The van der Waals surface area contributed by atoms with Crippen molar-refractivity contribution in [3.05, 3.63) is 35.4 Å². The molecule has 0 radical (unpaired) electrons. The predicted molar refractivity (Wildman–Crippen MR) is 79.4 cm³/mol. The minimum Gasteiger partial charge on any atom is -0.390 e. The van der Waals surface area contributed by atoms with E-state index in [4.69, 9.17) is 0 Å².